The molecule has 0 bridgehead atoms. The van der Waals surface area contributed by atoms with Crippen molar-refractivity contribution in [3.63, 3.8) is 0 Å². The molecule has 0 atom stereocenters. The van der Waals surface area contributed by atoms with E-state index in [1.807, 2.05) is 35.9 Å². The summed E-state index contributed by atoms with van der Waals surface area (Å²) in [4.78, 5) is 4.20. The Kier molecular flexibility index (Phi) is 3.98. The molecule has 0 saturated carbocycles. The van der Waals surface area contributed by atoms with E-state index in [1.54, 1.807) is 6.33 Å². The molecule has 1 aromatic heterocycles. The van der Waals surface area contributed by atoms with Gasteiger partial charge in [-0.2, -0.15) is 5.10 Å². The monoisotopic (exact) mass is 250 g/mol. The molecule has 90 valence electrons. The smallest absolute Gasteiger partial charge is 0.146 e. The maximum atomic E-state index is 5.74. The second kappa shape index (κ2) is 5.68. The van der Waals surface area contributed by atoms with E-state index >= 15 is 0 Å². The first kappa shape index (κ1) is 11.9. The predicted octanol–water partition coefficient (Wildman–Crippen LogP) is 2.65. The lowest BCUT2D eigenvalue weighted by Gasteiger charge is -2.07. The molecule has 0 aliphatic rings. The first-order valence-electron chi connectivity index (χ1n) is 5.59. The Morgan fingerprint density at radius 2 is 2.06 bits per heavy atom. The van der Waals surface area contributed by atoms with Crippen molar-refractivity contribution in [3.05, 3.63) is 42.0 Å². The van der Waals surface area contributed by atoms with Crippen LogP contribution in [0.25, 0.3) is 0 Å². The Balaban J connectivity index is 1.97. The molecule has 0 spiro atoms. The van der Waals surface area contributed by atoms with Crippen molar-refractivity contribution in [1.82, 2.24) is 14.8 Å². The summed E-state index contributed by atoms with van der Waals surface area (Å²) >= 11 is 5.74. The van der Waals surface area contributed by atoms with Crippen molar-refractivity contribution >= 4 is 17.3 Å². The lowest BCUT2D eigenvalue weighted by atomic mass is 10.2. The standard InChI is InChI=1S/C12H15ClN4/c1-2-17-12(15-9-16-17)8-14-11-5-3-10(7-13)4-6-11/h3-6,9,14H,2,7-8H2,1H3. The molecular weight excluding hydrogens is 236 g/mol. The van der Waals surface area contributed by atoms with Crippen LogP contribution in [0.3, 0.4) is 0 Å². The molecule has 17 heavy (non-hydrogen) atoms. The summed E-state index contributed by atoms with van der Waals surface area (Å²) in [5.41, 5.74) is 2.18. The van der Waals surface area contributed by atoms with Crippen LogP contribution in [-0.4, -0.2) is 14.8 Å². The predicted molar refractivity (Wildman–Crippen MR) is 69.0 cm³/mol. The number of alkyl halides is 1. The number of rotatable bonds is 5. The number of nitrogens with zero attached hydrogens (tertiary/aromatic N) is 3. The van der Waals surface area contributed by atoms with E-state index in [1.165, 1.54) is 0 Å². The van der Waals surface area contributed by atoms with Gasteiger partial charge in [-0.25, -0.2) is 9.67 Å². The van der Waals surface area contributed by atoms with Gasteiger partial charge < -0.3 is 5.32 Å². The number of halogens is 1. The van der Waals surface area contributed by atoms with Crippen molar-refractivity contribution in [1.29, 1.82) is 0 Å². The van der Waals surface area contributed by atoms with Crippen molar-refractivity contribution in [2.75, 3.05) is 5.32 Å². The van der Waals surface area contributed by atoms with Crippen LogP contribution in [0.15, 0.2) is 30.6 Å². The van der Waals surface area contributed by atoms with Gasteiger partial charge in [0.05, 0.1) is 6.54 Å². The molecule has 1 aromatic carbocycles. The minimum atomic E-state index is 0.546. The average Bonchev–Trinajstić information content (AvgIpc) is 2.84. The van der Waals surface area contributed by atoms with Crippen molar-refractivity contribution in [3.8, 4) is 0 Å². The Labute approximate surface area is 106 Å². The molecule has 0 aliphatic carbocycles. The first-order chi connectivity index (χ1) is 8.33. The Hall–Kier alpha value is -1.55. The highest BCUT2D eigenvalue weighted by Crippen LogP contribution is 2.11. The molecule has 2 rings (SSSR count). The minimum absolute atomic E-state index is 0.546. The summed E-state index contributed by atoms with van der Waals surface area (Å²) in [5.74, 6) is 1.48. The normalized spacial score (nSPS) is 10.5. The molecule has 0 aliphatic heterocycles. The van der Waals surface area contributed by atoms with Gasteiger partial charge in [0.25, 0.3) is 0 Å². The number of aromatic nitrogens is 3. The molecule has 2 aromatic rings. The van der Waals surface area contributed by atoms with Crippen molar-refractivity contribution < 1.29 is 0 Å². The van der Waals surface area contributed by atoms with Gasteiger partial charge >= 0.3 is 0 Å². The summed E-state index contributed by atoms with van der Waals surface area (Å²) in [7, 11) is 0. The molecular formula is C12H15ClN4. The molecule has 0 amide bonds. The number of hydrogen-bond acceptors (Lipinski definition) is 3. The zero-order chi connectivity index (χ0) is 12.1. The van der Waals surface area contributed by atoms with Crippen LogP contribution in [-0.2, 0) is 19.0 Å². The number of benzene rings is 1. The lowest BCUT2D eigenvalue weighted by molar-refractivity contribution is 0.622. The lowest BCUT2D eigenvalue weighted by Crippen LogP contribution is -2.08. The maximum absolute atomic E-state index is 5.74. The zero-order valence-corrected chi connectivity index (χ0v) is 10.5. The van der Waals surface area contributed by atoms with Gasteiger partial charge in [-0.05, 0) is 24.6 Å². The highest BCUT2D eigenvalue weighted by molar-refractivity contribution is 6.17. The first-order valence-corrected chi connectivity index (χ1v) is 6.12. The van der Waals surface area contributed by atoms with E-state index in [-0.39, 0.29) is 0 Å². The minimum Gasteiger partial charge on any atom is -0.378 e. The van der Waals surface area contributed by atoms with E-state index < -0.39 is 0 Å². The number of anilines is 1. The zero-order valence-electron chi connectivity index (χ0n) is 9.73. The number of nitrogens with one attached hydrogen (secondary N) is 1. The Morgan fingerprint density at radius 1 is 1.29 bits per heavy atom. The quantitative estimate of drug-likeness (QED) is 0.830. The summed E-state index contributed by atoms with van der Waals surface area (Å²) in [5, 5.41) is 7.43. The summed E-state index contributed by atoms with van der Waals surface area (Å²) in [6.45, 7) is 3.56. The number of aryl methyl sites for hydroxylation is 1. The van der Waals surface area contributed by atoms with Gasteiger partial charge in [-0.1, -0.05) is 12.1 Å². The van der Waals surface area contributed by atoms with Crippen LogP contribution in [0.5, 0.6) is 0 Å². The van der Waals surface area contributed by atoms with Crippen LogP contribution in [0.1, 0.15) is 18.3 Å². The highest BCUT2D eigenvalue weighted by atomic mass is 35.5. The second-order valence-electron chi connectivity index (χ2n) is 3.68. The fourth-order valence-electron chi connectivity index (χ4n) is 1.58. The fraction of sp³-hybridized carbons (Fsp3) is 0.333. The third-order valence-electron chi connectivity index (χ3n) is 2.55. The topological polar surface area (TPSA) is 42.7 Å². The summed E-state index contributed by atoms with van der Waals surface area (Å²) in [6.07, 6.45) is 1.58. The van der Waals surface area contributed by atoms with Gasteiger partial charge in [-0.3, -0.25) is 0 Å². The van der Waals surface area contributed by atoms with Crippen LogP contribution in [0.2, 0.25) is 0 Å². The van der Waals surface area contributed by atoms with Crippen molar-refractivity contribution in [2.45, 2.75) is 25.9 Å². The van der Waals surface area contributed by atoms with Gasteiger partial charge in [0.2, 0.25) is 0 Å². The van der Waals surface area contributed by atoms with Gasteiger partial charge in [0, 0.05) is 18.1 Å². The van der Waals surface area contributed by atoms with Crippen LogP contribution >= 0.6 is 11.6 Å². The summed E-state index contributed by atoms with van der Waals surface area (Å²) < 4.78 is 1.88. The second-order valence-corrected chi connectivity index (χ2v) is 3.94. The molecule has 4 nitrogen and oxygen atoms in total. The largest absolute Gasteiger partial charge is 0.378 e. The maximum Gasteiger partial charge on any atom is 0.146 e. The molecule has 0 saturated heterocycles. The van der Waals surface area contributed by atoms with E-state index in [0.717, 1.165) is 23.6 Å². The Bertz CT molecular complexity index is 464. The van der Waals surface area contributed by atoms with Crippen LogP contribution in [0.4, 0.5) is 5.69 Å². The fourth-order valence-corrected chi connectivity index (χ4v) is 1.76. The van der Waals surface area contributed by atoms with Crippen LogP contribution in [0, 0.1) is 0 Å². The molecule has 0 unspecified atom stereocenters. The molecule has 0 radical (unpaired) electrons. The molecule has 5 heteroatoms. The van der Waals surface area contributed by atoms with E-state index in [4.69, 9.17) is 11.6 Å². The molecule has 1 N–H and O–H groups in total. The SMILES string of the molecule is CCn1ncnc1CNc1ccc(CCl)cc1. The van der Waals surface area contributed by atoms with Gasteiger partial charge in [-0.15, -0.1) is 11.6 Å². The Morgan fingerprint density at radius 3 is 2.71 bits per heavy atom. The summed E-state index contributed by atoms with van der Waals surface area (Å²) in [6, 6.07) is 8.06. The molecule has 0 fully saturated rings. The highest BCUT2D eigenvalue weighted by Gasteiger charge is 2.01. The molecule has 1 heterocycles. The third kappa shape index (κ3) is 2.97. The van der Waals surface area contributed by atoms with E-state index in [9.17, 15) is 0 Å². The number of hydrogen-bond donors (Lipinski definition) is 1. The third-order valence-corrected chi connectivity index (χ3v) is 2.86. The van der Waals surface area contributed by atoms with Crippen molar-refractivity contribution in [2.24, 2.45) is 0 Å². The average molecular weight is 251 g/mol. The van der Waals surface area contributed by atoms with Gasteiger partial charge in [0.15, 0.2) is 0 Å². The van der Waals surface area contributed by atoms with E-state index in [2.05, 4.69) is 15.4 Å². The van der Waals surface area contributed by atoms with Gasteiger partial charge in [0.1, 0.15) is 12.2 Å². The van der Waals surface area contributed by atoms with E-state index in [0.29, 0.717) is 12.4 Å². The van der Waals surface area contributed by atoms with Crippen LogP contribution < -0.4 is 5.32 Å².